The first-order valence-corrected chi connectivity index (χ1v) is 17.2. The second kappa shape index (κ2) is 13.5. The third-order valence-corrected chi connectivity index (χ3v) is 9.75. The van der Waals surface area contributed by atoms with Crippen molar-refractivity contribution in [1.82, 2.24) is 4.57 Å². The summed E-state index contributed by atoms with van der Waals surface area (Å²) in [4.78, 5) is 0. The number of rotatable bonds is 2. The average molecular weight is 634 g/mol. The van der Waals surface area contributed by atoms with Gasteiger partial charge in [0.2, 0.25) is 0 Å². The fourth-order valence-electron chi connectivity index (χ4n) is 7.10. The number of hydrogen-bond donors (Lipinski definition) is 0. The molecule has 0 fully saturated rings. The lowest BCUT2D eigenvalue weighted by molar-refractivity contribution is 0.660. The van der Waals surface area contributed by atoms with Crippen LogP contribution in [0.15, 0.2) is 170 Å². The van der Waals surface area contributed by atoms with Crippen LogP contribution in [0, 0.1) is 20.8 Å². The highest BCUT2D eigenvalue weighted by molar-refractivity contribution is 6.09. The minimum atomic E-state index is 0.0105. The zero-order valence-corrected chi connectivity index (χ0v) is 29.1. The summed E-state index contributed by atoms with van der Waals surface area (Å²) in [5.41, 5.74) is 15.8. The molecule has 0 aliphatic heterocycles. The van der Waals surface area contributed by atoms with E-state index < -0.39 is 0 Å². The Morgan fingerprint density at radius 3 is 1.65 bits per heavy atom. The minimum Gasteiger partial charge on any atom is -0.309 e. The molecule has 8 aromatic rings. The summed E-state index contributed by atoms with van der Waals surface area (Å²) in [5.74, 6) is 0. The molecule has 1 aliphatic carbocycles. The van der Waals surface area contributed by atoms with Crippen LogP contribution in [0.1, 0.15) is 41.7 Å². The molecule has 0 unspecified atom stereocenters. The highest BCUT2D eigenvalue weighted by Gasteiger charge is 2.35. The van der Waals surface area contributed by atoms with Gasteiger partial charge in [0.25, 0.3) is 0 Å². The largest absolute Gasteiger partial charge is 0.309 e. The van der Waals surface area contributed by atoms with Crippen LogP contribution in [0.3, 0.4) is 0 Å². The lowest BCUT2D eigenvalue weighted by Crippen LogP contribution is -2.15. The van der Waals surface area contributed by atoms with Gasteiger partial charge in [-0.3, -0.25) is 0 Å². The number of nitrogens with zero attached hydrogens (tertiary/aromatic N) is 1. The summed E-state index contributed by atoms with van der Waals surface area (Å²) < 4.78 is 2.43. The first kappa shape index (κ1) is 31.9. The van der Waals surface area contributed by atoms with E-state index in [0.29, 0.717) is 0 Å². The standard InChI is InChI=1S/C28H23N.C13H12.C7H8/c1-18-12-14-23-22-9-5-7-11-26(22)29(27(23)16-18)19-13-15-21-20-8-4-6-10-24(20)28(2,3)25(21)17-19;1-11-7-9-13(10-8-11)12-5-3-2-4-6-12;1-7-5-3-2-4-6-7/h4-17H,1-3H3;2-10H,1H3;2-6H,1H3. The van der Waals surface area contributed by atoms with Gasteiger partial charge in [-0.1, -0.05) is 171 Å². The molecular weight excluding hydrogens is 591 g/mol. The molecule has 0 spiro atoms. The molecule has 9 rings (SSSR count). The van der Waals surface area contributed by atoms with E-state index in [9.17, 15) is 0 Å². The number of benzene rings is 7. The molecule has 1 aliphatic rings. The fraction of sp³-hybridized carbons (Fsp3) is 0.125. The molecule has 0 saturated carbocycles. The van der Waals surface area contributed by atoms with Gasteiger partial charge in [-0.25, -0.2) is 0 Å². The molecule has 0 radical (unpaired) electrons. The zero-order chi connectivity index (χ0) is 34.0. The fourth-order valence-corrected chi connectivity index (χ4v) is 7.10. The van der Waals surface area contributed by atoms with Gasteiger partial charge in [-0.2, -0.15) is 0 Å². The molecule has 49 heavy (non-hydrogen) atoms. The van der Waals surface area contributed by atoms with Gasteiger partial charge in [0.05, 0.1) is 11.0 Å². The smallest absolute Gasteiger partial charge is 0.0543 e. The maximum atomic E-state index is 2.43. The third-order valence-electron chi connectivity index (χ3n) is 9.75. The van der Waals surface area contributed by atoms with Crippen molar-refractivity contribution in [3.05, 3.63) is 198 Å². The molecule has 7 aromatic carbocycles. The van der Waals surface area contributed by atoms with Crippen LogP contribution in [0.4, 0.5) is 0 Å². The molecule has 1 heteroatoms. The Kier molecular flexibility index (Phi) is 8.76. The molecular formula is C48H43N. The number of fused-ring (bicyclic) bond motifs is 6. The average Bonchev–Trinajstić information content (AvgIpc) is 3.57. The topological polar surface area (TPSA) is 4.93 Å². The van der Waals surface area contributed by atoms with Crippen molar-refractivity contribution < 1.29 is 0 Å². The van der Waals surface area contributed by atoms with Gasteiger partial charge < -0.3 is 4.57 Å². The summed E-state index contributed by atoms with van der Waals surface area (Å²) in [6, 6.07) is 60.6. The molecule has 0 N–H and O–H groups in total. The van der Waals surface area contributed by atoms with Gasteiger partial charge in [0.15, 0.2) is 0 Å². The Morgan fingerprint density at radius 2 is 0.939 bits per heavy atom. The predicted molar refractivity (Wildman–Crippen MR) is 211 cm³/mol. The quantitative estimate of drug-likeness (QED) is 0.178. The van der Waals surface area contributed by atoms with Crippen molar-refractivity contribution in [1.29, 1.82) is 0 Å². The van der Waals surface area contributed by atoms with Gasteiger partial charge in [0, 0.05) is 21.9 Å². The van der Waals surface area contributed by atoms with Crippen LogP contribution < -0.4 is 0 Å². The van der Waals surface area contributed by atoms with Gasteiger partial charge in [0.1, 0.15) is 0 Å². The van der Waals surface area contributed by atoms with Crippen molar-refractivity contribution in [2.75, 3.05) is 0 Å². The maximum absolute atomic E-state index is 2.43. The lowest BCUT2D eigenvalue weighted by Gasteiger charge is -2.22. The Hall–Kier alpha value is -5.66. The summed E-state index contributed by atoms with van der Waals surface area (Å²) in [5, 5.41) is 2.62. The van der Waals surface area contributed by atoms with Crippen LogP contribution in [0.25, 0.3) is 49.7 Å². The van der Waals surface area contributed by atoms with E-state index in [-0.39, 0.29) is 5.41 Å². The molecule has 240 valence electrons. The molecule has 1 nitrogen and oxygen atoms in total. The minimum absolute atomic E-state index is 0.0105. The van der Waals surface area contributed by atoms with E-state index in [2.05, 4.69) is 185 Å². The van der Waals surface area contributed by atoms with Crippen molar-refractivity contribution in [2.24, 2.45) is 0 Å². The zero-order valence-electron chi connectivity index (χ0n) is 29.1. The Morgan fingerprint density at radius 1 is 0.388 bits per heavy atom. The predicted octanol–water partition coefficient (Wildman–Crippen LogP) is 13.1. The highest BCUT2D eigenvalue weighted by atomic mass is 15.0. The normalized spacial score (nSPS) is 12.3. The van der Waals surface area contributed by atoms with E-state index in [1.807, 2.05) is 24.3 Å². The van der Waals surface area contributed by atoms with Crippen LogP contribution in [0.5, 0.6) is 0 Å². The first-order valence-electron chi connectivity index (χ1n) is 17.2. The number of para-hydroxylation sites is 1. The van der Waals surface area contributed by atoms with Crippen LogP contribution in [-0.4, -0.2) is 4.57 Å². The summed E-state index contributed by atoms with van der Waals surface area (Å²) in [6.45, 7) is 11.0. The monoisotopic (exact) mass is 633 g/mol. The van der Waals surface area contributed by atoms with E-state index in [0.717, 1.165) is 0 Å². The van der Waals surface area contributed by atoms with Crippen LogP contribution in [0.2, 0.25) is 0 Å². The summed E-state index contributed by atoms with van der Waals surface area (Å²) in [6.07, 6.45) is 0. The Balaban J connectivity index is 0.000000155. The SMILES string of the molecule is Cc1ccc(-c2ccccc2)cc1.Cc1ccc2c3ccccc3n(-c3ccc4c(c3)C(C)(C)c3ccccc3-4)c2c1.Cc1ccccc1. The van der Waals surface area contributed by atoms with Crippen molar-refractivity contribution in [3.8, 4) is 27.9 Å². The molecule has 0 saturated heterocycles. The molecule has 0 amide bonds. The summed E-state index contributed by atoms with van der Waals surface area (Å²) >= 11 is 0. The first-order chi connectivity index (χ1) is 23.8. The third kappa shape index (κ3) is 6.33. The van der Waals surface area contributed by atoms with E-state index in [4.69, 9.17) is 0 Å². The molecule has 0 atom stereocenters. The van der Waals surface area contributed by atoms with E-state index in [1.165, 1.54) is 77.6 Å². The maximum Gasteiger partial charge on any atom is 0.0543 e. The Labute approximate surface area is 291 Å². The van der Waals surface area contributed by atoms with E-state index in [1.54, 1.807) is 0 Å². The van der Waals surface area contributed by atoms with Gasteiger partial charge in [-0.15, -0.1) is 0 Å². The number of hydrogen-bond acceptors (Lipinski definition) is 0. The second-order valence-electron chi connectivity index (χ2n) is 13.7. The molecule has 1 aromatic heterocycles. The second-order valence-corrected chi connectivity index (χ2v) is 13.7. The van der Waals surface area contributed by atoms with Crippen molar-refractivity contribution >= 4 is 21.8 Å². The van der Waals surface area contributed by atoms with Crippen molar-refractivity contribution in [2.45, 2.75) is 40.0 Å². The number of aromatic nitrogens is 1. The van der Waals surface area contributed by atoms with Crippen LogP contribution >= 0.6 is 0 Å². The van der Waals surface area contributed by atoms with E-state index >= 15 is 0 Å². The van der Waals surface area contributed by atoms with Gasteiger partial charge in [-0.05, 0) is 84.0 Å². The molecule has 1 heterocycles. The highest BCUT2D eigenvalue weighted by Crippen LogP contribution is 2.49. The van der Waals surface area contributed by atoms with Gasteiger partial charge >= 0.3 is 0 Å². The lowest BCUT2D eigenvalue weighted by atomic mass is 9.82. The van der Waals surface area contributed by atoms with Crippen LogP contribution in [-0.2, 0) is 5.41 Å². The molecule has 0 bridgehead atoms. The van der Waals surface area contributed by atoms with Crippen molar-refractivity contribution in [3.63, 3.8) is 0 Å². The number of aryl methyl sites for hydroxylation is 3. The Bertz CT molecular complexity index is 2360. The summed E-state index contributed by atoms with van der Waals surface area (Å²) in [7, 11) is 0.